The van der Waals surface area contributed by atoms with Crippen molar-refractivity contribution in [2.75, 3.05) is 6.54 Å². The predicted octanol–water partition coefficient (Wildman–Crippen LogP) is 1.46. The second-order valence-electron chi connectivity index (χ2n) is 2.98. The number of nitrogens with zero attached hydrogens (tertiary/aromatic N) is 2. The molecule has 0 atom stereocenters. The van der Waals surface area contributed by atoms with E-state index in [0.717, 1.165) is 12.1 Å². The molecule has 80 valence electrons. The Labute approximate surface area is 89.5 Å². The molecular weight excluding hydrogens is 190 g/mol. The van der Waals surface area contributed by atoms with E-state index in [-0.39, 0.29) is 5.91 Å². The second-order valence-corrected chi connectivity index (χ2v) is 2.98. The van der Waals surface area contributed by atoms with Gasteiger partial charge in [0.25, 0.3) is 5.91 Å². The molecule has 0 saturated heterocycles. The van der Waals surface area contributed by atoms with Gasteiger partial charge >= 0.3 is 0 Å². The van der Waals surface area contributed by atoms with E-state index >= 15 is 0 Å². The molecule has 1 rings (SSSR count). The zero-order chi connectivity index (χ0) is 11.1. The van der Waals surface area contributed by atoms with Crippen molar-refractivity contribution in [1.82, 2.24) is 5.32 Å². The van der Waals surface area contributed by atoms with Gasteiger partial charge in [-0.1, -0.05) is 6.92 Å². The first-order valence-electron chi connectivity index (χ1n) is 5.03. The van der Waals surface area contributed by atoms with Crippen LogP contribution in [0.15, 0.2) is 34.5 Å². The van der Waals surface area contributed by atoms with Crippen LogP contribution in [0.3, 0.4) is 0 Å². The number of nitrogens with one attached hydrogen (secondary N) is 1. The van der Waals surface area contributed by atoms with Gasteiger partial charge in [0.05, 0.1) is 0 Å². The zero-order valence-corrected chi connectivity index (χ0v) is 9.03. The van der Waals surface area contributed by atoms with Crippen molar-refractivity contribution < 1.29 is 4.79 Å². The highest BCUT2D eigenvalue weighted by Crippen LogP contribution is 1.96. The Morgan fingerprint density at radius 2 is 2.00 bits per heavy atom. The van der Waals surface area contributed by atoms with Crippen LogP contribution in [-0.2, 0) is 4.79 Å². The monoisotopic (exact) mass is 205 g/mol. The molecule has 15 heavy (non-hydrogen) atoms. The summed E-state index contributed by atoms with van der Waals surface area (Å²) >= 11 is 0. The van der Waals surface area contributed by atoms with Crippen molar-refractivity contribution >= 4 is 17.3 Å². The van der Waals surface area contributed by atoms with Gasteiger partial charge in [-0.15, -0.1) is 0 Å². The van der Waals surface area contributed by atoms with Gasteiger partial charge in [0.1, 0.15) is 5.71 Å². The quantitative estimate of drug-likeness (QED) is 0.745. The fourth-order valence-electron chi connectivity index (χ4n) is 1.10. The molecule has 1 heterocycles. The van der Waals surface area contributed by atoms with E-state index in [1.54, 1.807) is 12.3 Å². The van der Waals surface area contributed by atoms with Gasteiger partial charge in [-0.05, 0) is 25.5 Å². The minimum Gasteiger partial charge on any atom is -0.351 e. The maximum Gasteiger partial charge on any atom is 0.269 e. The molecule has 4 nitrogen and oxygen atoms in total. The SMILES string of the molecule is CCNC(=O)C1=NC=CN=C(CC)C=C1. The van der Waals surface area contributed by atoms with Crippen LogP contribution in [0.2, 0.25) is 0 Å². The molecule has 0 aromatic heterocycles. The van der Waals surface area contributed by atoms with Gasteiger partial charge < -0.3 is 5.32 Å². The summed E-state index contributed by atoms with van der Waals surface area (Å²) in [6.45, 7) is 4.49. The minimum absolute atomic E-state index is 0.157. The molecule has 0 radical (unpaired) electrons. The van der Waals surface area contributed by atoms with Gasteiger partial charge in [-0.2, -0.15) is 0 Å². The average molecular weight is 205 g/mol. The largest absolute Gasteiger partial charge is 0.351 e. The number of carbonyl (C=O) groups excluding carboxylic acids is 1. The summed E-state index contributed by atoms with van der Waals surface area (Å²) < 4.78 is 0. The van der Waals surface area contributed by atoms with Crippen molar-refractivity contribution in [2.24, 2.45) is 9.98 Å². The van der Waals surface area contributed by atoms with E-state index < -0.39 is 0 Å². The Morgan fingerprint density at radius 1 is 1.27 bits per heavy atom. The molecule has 1 aliphatic heterocycles. The van der Waals surface area contributed by atoms with Gasteiger partial charge in [-0.25, -0.2) is 4.99 Å². The van der Waals surface area contributed by atoms with Crippen LogP contribution in [0, 0.1) is 0 Å². The number of hydrogen-bond acceptors (Lipinski definition) is 3. The molecule has 0 bridgehead atoms. The first-order valence-corrected chi connectivity index (χ1v) is 5.03. The van der Waals surface area contributed by atoms with Gasteiger partial charge in [0.2, 0.25) is 0 Å². The molecule has 0 aromatic carbocycles. The van der Waals surface area contributed by atoms with Gasteiger partial charge in [-0.3, -0.25) is 9.79 Å². The van der Waals surface area contributed by atoms with Crippen molar-refractivity contribution in [3.8, 4) is 0 Å². The van der Waals surface area contributed by atoms with Gasteiger partial charge in [0, 0.05) is 24.7 Å². The number of aliphatic imine (C=N–C) groups is 2. The van der Waals surface area contributed by atoms with E-state index in [1.165, 1.54) is 6.20 Å². The summed E-state index contributed by atoms with van der Waals surface area (Å²) in [5, 5.41) is 2.70. The maximum atomic E-state index is 11.5. The van der Waals surface area contributed by atoms with Gasteiger partial charge in [0.15, 0.2) is 0 Å². The summed E-state index contributed by atoms with van der Waals surface area (Å²) in [6.07, 6.45) is 7.48. The van der Waals surface area contributed by atoms with Crippen LogP contribution < -0.4 is 5.32 Å². The topological polar surface area (TPSA) is 53.8 Å². The summed E-state index contributed by atoms with van der Waals surface area (Å²) in [4.78, 5) is 19.6. The Balaban J connectivity index is 2.80. The van der Waals surface area contributed by atoms with E-state index in [0.29, 0.717) is 12.3 Å². The maximum absolute atomic E-state index is 11.5. The summed E-state index contributed by atoms with van der Waals surface area (Å²) in [5.41, 5.74) is 1.34. The van der Waals surface area contributed by atoms with E-state index in [4.69, 9.17) is 0 Å². The predicted molar refractivity (Wildman–Crippen MR) is 62.1 cm³/mol. The van der Waals surface area contributed by atoms with Crippen LogP contribution in [0.25, 0.3) is 0 Å². The van der Waals surface area contributed by atoms with E-state index in [1.807, 2.05) is 19.9 Å². The number of allylic oxidation sites excluding steroid dienone is 1. The summed E-state index contributed by atoms with van der Waals surface area (Å²) in [5.74, 6) is -0.157. The average Bonchev–Trinajstić information content (AvgIpc) is 2.18. The molecular formula is C11H15N3O. The first-order chi connectivity index (χ1) is 7.27. The fourth-order valence-corrected chi connectivity index (χ4v) is 1.10. The Bertz CT molecular complexity index is 351. The lowest BCUT2D eigenvalue weighted by Gasteiger charge is -2.02. The smallest absolute Gasteiger partial charge is 0.269 e. The minimum atomic E-state index is -0.157. The lowest BCUT2D eigenvalue weighted by molar-refractivity contribution is -0.114. The molecule has 0 spiro atoms. The highest BCUT2D eigenvalue weighted by molar-refractivity contribution is 6.44. The van der Waals surface area contributed by atoms with Crippen LogP contribution in [0.1, 0.15) is 20.3 Å². The van der Waals surface area contributed by atoms with Crippen LogP contribution in [0.4, 0.5) is 0 Å². The van der Waals surface area contributed by atoms with E-state index in [9.17, 15) is 4.79 Å². The molecule has 0 unspecified atom stereocenters. The first kappa shape index (κ1) is 11.4. The molecule has 0 aliphatic carbocycles. The molecule has 1 amide bonds. The lowest BCUT2D eigenvalue weighted by Crippen LogP contribution is -2.29. The lowest BCUT2D eigenvalue weighted by atomic mass is 10.2. The van der Waals surface area contributed by atoms with Crippen molar-refractivity contribution in [3.05, 3.63) is 24.6 Å². The number of carbonyl (C=O) groups is 1. The second kappa shape index (κ2) is 5.90. The molecule has 4 heteroatoms. The highest BCUT2D eigenvalue weighted by Gasteiger charge is 2.06. The standard InChI is InChI=1S/C11H15N3O/c1-3-9-5-6-10(11(15)12-4-2)14-8-7-13-9/h5-8H,3-4H2,1-2H3,(H,12,15). The number of rotatable bonds is 3. The molecule has 1 N–H and O–H groups in total. The zero-order valence-electron chi connectivity index (χ0n) is 9.03. The van der Waals surface area contributed by atoms with Crippen LogP contribution in [0.5, 0.6) is 0 Å². The van der Waals surface area contributed by atoms with Crippen LogP contribution >= 0.6 is 0 Å². The molecule has 1 aliphatic rings. The number of hydrogen-bond donors (Lipinski definition) is 1. The normalized spacial score (nSPS) is 15.1. The molecule has 0 aromatic rings. The van der Waals surface area contributed by atoms with Crippen molar-refractivity contribution in [3.63, 3.8) is 0 Å². The highest BCUT2D eigenvalue weighted by atomic mass is 16.1. The van der Waals surface area contributed by atoms with Crippen molar-refractivity contribution in [1.29, 1.82) is 0 Å². The fraction of sp³-hybridized carbons (Fsp3) is 0.364. The van der Waals surface area contributed by atoms with Crippen LogP contribution in [-0.4, -0.2) is 23.9 Å². The molecule has 0 fully saturated rings. The third-order valence-electron chi connectivity index (χ3n) is 1.89. The summed E-state index contributed by atoms with van der Waals surface area (Å²) in [6, 6.07) is 0. The Kier molecular flexibility index (Phi) is 4.47. The molecule has 0 saturated carbocycles. The van der Waals surface area contributed by atoms with Crippen molar-refractivity contribution in [2.45, 2.75) is 20.3 Å². The third-order valence-corrected chi connectivity index (χ3v) is 1.89. The third kappa shape index (κ3) is 3.50. The summed E-state index contributed by atoms with van der Waals surface area (Å²) in [7, 11) is 0. The number of amides is 1. The Hall–Kier alpha value is -1.71. The van der Waals surface area contributed by atoms with E-state index in [2.05, 4.69) is 15.3 Å². The Morgan fingerprint density at radius 3 is 2.67 bits per heavy atom.